The number of nitrogens with one attached hydrogen (secondary N) is 2. The van der Waals surface area contributed by atoms with Crippen molar-refractivity contribution < 1.29 is 9.90 Å². The number of urea groups is 1. The number of nitrogens with zero attached hydrogens (tertiary/aromatic N) is 2. The van der Waals surface area contributed by atoms with Crippen molar-refractivity contribution in [1.82, 2.24) is 20.4 Å². The zero-order chi connectivity index (χ0) is 16.0. The number of aliphatic hydroxyl groups is 1. The average molecular weight is 296 g/mol. The lowest BCUT2D eigenvalue weighted by Crippen LogP contribution is -2.41. The molecule has 0 saturated carbocycles. The Morgan fingerprint density at radius 2 is 2.00 bits per heavy atom. The highest BCUT2D eigenvalue weighted by atomic mass is 16.3. The number of aromatic nitrogens is 2. The SMILES string of the molecule is Cc1nn(C)c(C)c1CCCNC(=O)NCC(O)C(C)C. The third-order valence-corrected chi connectivity index (χ3v) is 3.79. The molecule has 1 unspecified atom stereocenters. The molecule has 1 aromatic heterocycles. The maximum Gasteiger partial charge on any atom is 0.314 e. The number of amides is 2. The Morgan fingerprint density at radius 3 is 2.52 bits per heavy atom. The summed E-state index contributed by atoms with van der Waals surface area (Å²) >= 11 is 0. The quantitative estimate of drug-likeness (QED) is 0.663. The Morgan fingerprint density at radius 1 is 1.33 bits per heavy atom. The van der Waals surface area contributed by atoms with Gasteiger partial charge in [0.05, 0.1) is 11.8 Å². The highest BCUT2D eigenvalue weighted by Gasteiger charge is 2.11. The molecule has 1 aromatic rings. The second kappa shape index (κ2) is 8.02. The van der Waals surface area contributed by atoms with Crippen LogP contribution in [0.25, 0.3) is 0 Å². The molecule has 1 atom stereocenters. The van der Waals surface area contributed by atoms with Gasteiger partial charge in [0.25, 0.3) is 0 Å². The summed E-state index contributed by atoms with van der Waals surface area (Å²) in [6.45, 7) is 8.80. The lowest BCUT2D eigenvalue weighted by molar-refractivity contribution is 0.125. The fourth-order valence-electron chi connectivity index (χ4n) is 2.14. The van der Waals surface area contributed by atoms with E-state index in [4.69, 9.17) is 0 Å². The van der Waals surface area contributed by atoms with Crippen molar-refractivity contribution in [3.05, 3.63) is 17.0 Å². The van der Waals surface area contributed by atoms with Crippen LogP contribution in [0.1, 0.15) is 37.2 Å². The summed E-state index contributed by atoms with van der Waals surface area (Å²) in [6.07, 6.45) is 1.27. The van der Waals surface area contributed by atoms with Crippen molar-refractivity contribution >= 4 is 6.03 Å². The molecule has 1 rings (SSSR count). The molecule has 120 valence electrons. The summed E-state index contributed by atoms with van der Waals surface area (Å²) in [7, 11) is 1.94. The second-order valence-corrected chi connectivity index (χ2v) is 5.82. The molecule has 0 aliphatic carbocycles. The molecule has 0 bridgehead atoms. The van der Waals surface area contributed by atoms with Gasteiger partial charge in [-0.25, -0.2) is 4.79 Å². The average Bonchev–Trinajstić information content (AvgIpc) is 2.66. The predicted octanol–water partition coefficient (Wildman–Crippen LogP) is 1.29. The van der Waals surface area contributed by atoms with Crippen LogP contribution in [0.5, 0.6) is 0 Å². The fourth-order valence-corrected chi connectivity index (χ4v) is 2.14. The van der Waals surface area contributed by atoms with Gasteiger partial charge in [-0.15, -0.1) is 0 Å². The summed E-state index contributed by atoms with van der Waals surface area (Å²) in [5, 5.41) is 19.5. The maximum atomic E-state index is 11.6. The Balaban J connectivity index is 2.23. The zero-order valence-electron chi connectivity index (χ0n) is 13.7. The van der Waals surface area contributed by atoms with Crippen LogP contribution in [0.15, 0.2) is 0 Å². The third-order valence-electron chi connectivity index (χ3n) is 3.79. The molecular formula is C15H28N4O2. The molecule has 0 spiro atoms. The topological polar surface area (TPSA) is 79.2 Å². The van der Waals surface area contributed by atoms with E-state index in [0.29, 0.717) is 6.54 Å². The minimum atomic E-state index is -0.503. The summed E-state index contributed by atoms with van der Waals surface area (Å²) in [5.74, 6) is 0.141. The molecule has 3 N–H and O–H groups in total. The van der Waals surface area contributed by atoms with Gasteiger partial charge in [-0.2, -0.15) is 5.10 Å². The Kier molecular flexibility index (Phi) is 6.68. The van der Waals surface area contributed by atoms with Crippen LogP contribution in [0.3, 0.4) is 0 Å². The van der Waals surface area contributed by atoms with E-state index in [1.54, 1.807) is 0 Å². The molecule has 0 radical (unpaired) electrons. The normalized spacial score (nSPS) is 12.5. The first-order valence-corrected chi connectivity index (χ1v) is 7.51. The molecule has 6 heteroatoms. The maximum absolute atomic E-state index is 11.6. The van der Waals surface area contributed by atoms with Crippen molar-refractivity contribution in [3.8, 4) is 0 Å². The Hall–Kier alpha value is -1.56. The van der Waals surface area contributed by atoms with E-state index in [-0.39, 0.29) is 18.5 Å². The number of hydrogen-bond acceptors (Lipinski definition) is 3. The summed E-state index contributed by atoms with van der Waals surface area (Å²) in [5.41, 5.74) is 3.49. The minimum Gasteiger partial charge on any atom is -0.391 e. The van der Waals surface area contributed by atoms with Gasteiger partial charge in [-0.1, -0.05) is 13.8 Å². The first kappa shape index (κ1) is 17.5. The van der Waals surface area contributed by atoms with Gasteiger partial charge in [0.2, 0.25) is 0 Å². The molecule has 0 aromatic carbocycles. The Bertz CT molecular complexity index is 468. The first-order chi connectivity index (χ1) is 9.82. The number of rotatable bonds is 7. The zero-order valence-corrected chi connectivity index (χ0v) is 13.7. The largest absolute Gasteiger partial charge is 0.391 e. The molecule has 6 nitrogen and oxygen atoms in total. The molecule has 1 heterocycles. The number of carbonyl (C=O) groups excluding carboxylic acids is 1. The van der Waals surface area contributed by atoms with Gasteiger partial charge in [-0.05, 0) is 38.2 Å². The van der Waals surface area contributed by atoms with Gasteiger partial charge in [0, 0.05) is 25.8 Å². The monoisotopic (exact) mass is 296 g/mol. The van der Waals surface area contributed by atoms with Crippen LogP contribution < -0.4 is 10.6 Å². The lowest BCUT2D eigenvalue weighted by Gasteiger charge is -2.15. The van der Waals surface area contributed by atoms with E-state index in [0.717, 1.165) is 18.5 Å². The van der Waals surface area contributed by atoms with E-state index in [1.807, 2.05) is 32.5 Å². The van der Waals surface area contributed by atoms with Crippen LogP contribution in [-0.4, -0.2) is 40.1 Å². The lowest BCUT2D eigenvalue weighted by atomic mass is 10.1. The van der Waals surface area contributed by atoms with Crippen molar-refractivity contribution in [2.75, 3.05) is 13.1 Å². The van der Waals surface area contributed by atoms with Crippen LogP contribution in [0, 0.1) is 19.8 Å². The minimum absolute atomic E-state index is 0.141. The van der Waals surface area contributed by atoms with Gasteiger partial charge in [0.15, 0.2) is 0 Å². The van der Waals surface area contributed by atoms with Crippen molar-refractivity contribution in [2.24, 2.45) is 13.0 Å². The van der Waals surface area contributed by atoms with E-state index in [1.165, 1.54) is 11.3 Å². The fraction of sp³-hybridized carbons (Fsp3) is 0.733. The molecular weight excluding hydrogens is 268 g/mol. The number of carbonyl (C=O) groups is 1. The van der Waals surface area contributed by atoms with Crippen molar-refractivity contribution in [1.29, 1.82) is 0 Å². The van der Waals surface area contributed by atoms with Crippen LogP contribution in [0.2, 0.25) is 0 Å². The van der Waals surface area contributed by atoms with Crippen LogP contribution >= 0.6 is 0 Å². The smallest absolute Gasteiger partial charge is 0.314 e. The van der Waals surface area contributed by atoms with E-state index in [2.05, 4.69) is 22.7 Å². The molecule has 0 aliphatic rings. The number of aliphatic hydroxyl groups excluding tert-OH is 1. The second-order valence-electron chi connectivity index (χ2n) is 5.82. The molecule has 0 saturated heterocycles. The van der Waals surface area contributed by atoms with Gasteiger partial charge in [-0.3, -0.25) is 4.68 Å². The molecule has 21 heavy (non-hydrogen) atoms. The molecule has 2 amide bonds. The number of aryl methyl sites for hydroxylation is 2. The summed E-state index contributed by atoms with van der Waals surface area (Å²) < 4.78 is 1.89. The Labute approximate surface area is 126 Å². The van der Waals surface area contributed by atoms with Crippen molar-refractivity contribution in [2.45, 2.75) is 46.6 Å². The van der Waals surface area contributed by atoms with E-state index in [9.17, 15) is 9.90 Å². The predicted molar refractivity (Wildman–Crippen MR) is 83.2 cm³/mol. The molecule has 0 aliphatic heterocycles. The third kappa shape index (κ3) is 5.38. The first-order valence-electron chi connectivity index (χ1n) is 7.51. The van der Waals surface area contributed by atoms with Crippen LogP contribution in [-0.2, 0) is 13.5 Å². The summed E-state index contributed by atoms with van der Waals surface area (Å²) in [4.78, 5) is 11.6. The van der Waals surface area contributed by atoms with Crippen LogP contribution in [0.4, 0.5) is 4.79 Å². The van der Waals surface area contributed by atoms with E-state index < -0.39 is 6.10 Å². The van der Waals surface area contributed by atoms with Gasteiger partial charge in [0.1, 0.15) is 0 Å². The number of hydrogen-bond donors (Lipinski definition) is 3. The van der Waals surface area contributed by atoms with Crippen molar-refractivity contribution in [3.63, 3.8) is 0 Å². The highest BCUT2D eigenvalue weighted by molar-refractivity contribution is 5.73. The summed E-state index contributed by atoms with van der Waals surface area (Å²) in [6, 6.07) is -0.227. The highest BCUT2D eigenvalue weighted by Crippen LogP contribution is 2.13. The molecule has 0 fully saturated rings. The van der Waals surface area contributed by atoms with Gasteiger partial charge >= 0.3 is 6.03 Å². The van der Waals surface area contributed by atoms with E-state index >= 15 is 0 Å². The standard InChI is InChI=1S/C15H28N4O2/c1-10(2)14(20)9-17-15(21)16-8-6-7-13-11(3)18-19(5)12(13)4/h10,14,20H,6-9H2,1-5H3,(H2,16,17,21). The van der Waals surface area contributed by atoms with Gasteiger partial charge < -0.3 is 15.7 Å².